The summed E-state index contributed by atoms with van der Waals surface area (Å²) in [4.78, 5) is 36.9. The number of halogens is 1. The van der Waals surface area contributed by atoms with E-state index in [1.807, 2.05) is 12.1 Å². The molecule has 0 fully saturated rings. The summed E-state index contributed by atoms with van der Waals surface area (Å²) in [5.74, 6) is -1.66. The maximum atomic E-state index is 12.5. The summed E-state index contributed by atoms with van der Waals surface area (Å²) in [5.41, 5.74) is 2.69. The molecule has 0 spiro atoms. The Kier molecular flexibility index (Phi) is 9.14. The van der Waals surface area contributed by atoms with Gasteiger partial charge in [0.25, 0.3) is 0 Å². The Balaban J connectivity index is 2.06. The van der Waals surface area contributed by atoms with Crippen LogP contribution in [0.15, 0.2) is 30.3 Å². The number of benzene rings is 2. The van der Waals surface area contributed by atoms with E-state index in [4.69, 9.17) is 25.8 Å². The first-order chi connectivity index (χ1) is 17.0. The molecule has 0 saturated heterocycles. The zero-order valence-electron chi connectivity index (χ0n) is 21.6. The van der Waals surface area contributed by atoms with Gasteiger partial charge in [0.2, 0.25) is 0 Å². The predicted molar refractivity (Wildman–Crippen MR) is 138 cm³/mol. The average molecular weight is 516 g/mol. The summed E-state index contributed by atoms with van der Waals surface area (Å²) in [5, 5.41) is 3.70. The quantitative estimate of drug-likeness (QED) is 0.395. The Labute approximate surface area is 217 Å². The first-order valence-electron chi connectivity index (χ1n) is 12.3. The minimum absolute atomic E-state index is 0.0692. The highest BCUT2D eigenvalue weighted by atomic mass is 35.5. The highest BCUT2D eigenvalue weighted by Crippen LogP contribution is 2.45. The summed E-state index contributed by atoms with van der Waals surface area (Å²) >= 11 is 6.83. The molecule has 1 aliphatic heterocycles. The summed E-state index contributed by atoms with van der Waals surface area (Å²) in [6.45, 7) is 11.8. The highest BCUT2D eigenvalue weighted by Gasteiger charge is 2.29. The van der Waals surface area contributed by atoms with Crippen molar-refractivity contribution >= 4 is 29.5 Å². The molecule has 8 heteroatoms. The molecule has 0 unspecified atom stereocenters. The van der Waals surface area contributed by atoms with Gasteiger partial charge in [0.1, 0.15) is 5.75 Å². The van der Waals surface area contributed by atoms with Crippen molar-refractivity contribution in [2.75, 3.05) is 13.1 Å². The molecule has 1 aliphatic rings. The van der Waals surface area contributed by atoms with Crippen LogP contribution in [0.25, 0.3) is 0 Å². The van der Waals surface area contributed by atoms with Crippen LogP contribution in [0.3, 0.4) is 0 Å². The van der Waals surface area contributed by atoms with Crippen LogP contribution in [0.2, 0.25) is 5.02 Å². The second-order valence-electron chi connectivity index (χ2n) is 9.89. The Morgan fingerprint density at radius 2 is 1.42 bits per heavy atom. The third-order valence-electron chi connectivity index (χ3n) is 5.93. The van der Waals surface area contributed by atoms with Crippen LogP contribution in [-0.4, -0.2) is 31.0 Å². The molecular formula is C28H34ClNO6. The zero-order valence-corrected chi connectivity index (χ0v) is 22.4. The van der Waals surface area contributed by atoms with Crippen LogP contribution < -0.4 is 19.5 Å². The van der Waals surface area contributed by atoms with Gasteiger partial charge in [0, 0.05) is 12.5 Å². The van der Waals surface area contributed by atoms with Crippen molar-refractivity contribution in [2.24, 2.45) is 17.8 Å². The van der Waals surface area contributed by atoms with E-state index in [9.17, 15) is 14.4 Å². The van der Waals surface area contributed by atoms with Crippen LogP contribution in [0.5, 0.6) is 17.2 Å². The largest absolute Gasteiger partial charge is 0.426 e. The fourth-order valence-corrected chi connectivity index (χ4v) is 4.05. The number of ether oxygens (including phenoxy) is 3. The number of fused-ring (bicyclic) bond motifs is 1. The van der Waals surface area contributed by atoms with E-state index in [-0.39, 0.29) is 46.2 Å². The van der Waals surface area contributed by atoms with E-state index in [1.165, 1.54) is 0 Å². The molecule has 2 aromatic rings. The Morgan fingerprint density at radius 3 is 2.00 bits per heavy atom. The number of hydrogen-bond donors (Lipinski definition) is 1. The SMILES string of the molecule is CC(C)C(=O)Oc1ccc([C@H]2CNCCc3c2cc(OC(=O)C(C)C)c(OC(=O)C(C)C)c3Cl)cc1. The molecule has 0 aromatic heterocycles. The first-order valence-corrected chi connectivity index (χ1v) is 12.7. The number of nitrogens with one attached hydrogen (secondary N) is 1. The van der Waals surface area contributed by atoms with E-state index in [0.717, 1.165) is 16.7 Å². The summed E-state index contributed by atoms with van der Waals surface area (Å²) < 4.78 is 16.7. The van der Waals surface area contributed by atoms with Crippen LogP contribution in [-0.2, 0) is 20.8 Å². The van der Waals surface area contributed by atoms with E-state index in [2.05, 4.69) is 5.32 Å². The lowest BCUT2D eigenvalue weighted by Gasteiger charge is -2.23. The lowest BCUT2D eigenvalue weighted by molar-refractivity contribution is -0.140. The zero-order chi connectivity index (χ0) is 26.6. The van der Waals surface area contributed by atoms with E-state index in [1.54, 1.807) is 59.7 Å². The normalized spacial score (nSPS) is 15.4. The third kappa shape index (κ3) is 6.45. The van der Waals surface area contributed by atoms with Crippen LogP contribution in [0, 0.1) is 17.8 Å². The molecule has 36 heavy (non-hydrogen) atoms. The molecule has 1 heterocycles. The minimum atomic E-state index is -0.464. The highest BCUT2D eigenvalue weighted by molar-refractivity contribution is 6.33. The Morgan fingerprint density at radius 1 is 0.861 bits per heavy atom. The number of esters is 3. The van der Waals surface area contributed by atoms with Gasteiger partial charge < -0.3 is 19.5 Å². The van der Waals surface area contributed by atoms with Gasteiger partial charge in [0.15, 0.2) is 11.5 Å². The number of rotatable bonds is 7. The molecule has 0 radical (unpaired) electrons. The van der Waals surface area contributed by atoms with Crippen LogP contribution in [0.4, 0.5) is 0 Å². The monoisotopic (exact) mass is 515 g/mol. The van der Waals surface area contributed by atoms with Gasteiger partial charge in [-0.25, -0.2) is 0 Å². The number of carbonyl (C=O) groups is 3. The van der Waals surface area contributed by atoms with Crippen molar-refractivity contribution in [1.82, 2.24) is 5.32 Å². The second-order valence-corrected chi connectivity index (χ2v) is 10.3. The molecule has 7 nitrogen and oxygen atoms in total. The second kappa shape index (κ2) is 11.9. The number of hydrogen-bond acceptors (Lipinski definition) is 7. The summed E-state index contributed by atoms with van der Waals surface area (Å²) in [6.07, 6.45) is 0.611. The van der Waals surface area contributed by atoms with Gasteiger partial charge in [-0.15, -0.1) is 0 Å². The minimum Gasteiger partial charge on any atom is -0.426 e. The lowest BCUT2D eigenvalue weighted by atomic mass is 9.87. The van der Waals surface area contributed by atoms with Crippen LogP contribution in [0.1, 0.15) is 64.2 Å². The smallest absolute Gasteiger partial charge is 0.313 e. The summed E-state index contributed by atoms with van der Waals surface area (Å²) in [6, 6.07) is 9.10. The molecular weight excluding hydrogens is 482 g/mol. The predicted octanol–water partition coefficient (Wildman–Crippen LogP) is 5.30. The van der Waals surface area contributed by atoms with E-state index >= 15 is 0 Å². The Bertz CT molecular complexity index is 1120. The average Bonchev–Trinajstić information content (AvgIpc) is 3.04. The van der Waals surface area contributed by atoms with Gasteiger partial charge in [-0.1, -0.05) is 65.3 Å². The summed E-state index contributed by atoms with van der Waals surface area (Å²) in [7, 11) is 0. The van der Waals surface area contributed by atoms with Crippen molar-refractivity contribution in [3.05, 3.63) is 52.0 Å². The molecule has 0 saturated carbocycles. The maximum absolute atomic E-state index is 12.5. The molecule has 2 aromatic carbocycles. The van der Waals surface area contributed by atoms with E-state index < -0.39 is 11.9 Å². The Hall–Kier alpha value is -2.90. The maximum Gasteiger partial charge on any atom is 0.313 e. The third-order valence-corrected chi connectivity index (χ3v) is 6.33. The first kappa shape index (κ1) is 27.7. The topological polar surface area (TPSA) is 90.9 Å². The fourth-order valence-electron chi connectivity index (χ4n) is 3.72. The molecule has 0 amide bonds. The molecule has 0 aliphatic carbocycles. The van der Waals surface area contributed by atoms with Gasteiger partial charge >= 0.3 is 17.9 Å². The van der Waals surface area contributed by atoms with Crippen molar-refractivity contribution in [3.8, 4) is 17.2 Å². The van der Waals surface area contributed by atoms with Gasteiger partial charge in [-0.2, -0.15) is 0 Å². The van der Waals surface area contributed by atoms with Crippen molar-refractivity contribution in [3.63, 3.8) is 0 Å². The van der Waals surface area contributed by atoms with Crippen molar-refractivity contribution in [2.45, 2.75) is 53.9 Å². The van der Waals surface area contributed by atoms with Gasteiger partial charge in [-0.05, 0) is 47.9 Å². The van der Waals surface area contributed by atoms with E-state index in [0.29, 0.717) is 25.3 Å². The van der Waals surface area contributed by atoms with Gasteiger partial charge in [-0.3, -0.25) is 14.4 Å². The standard InChI is InChI=1S/C28H34ClNO6/c1-15(2)26(31)34-19-9-7-18(8-10-19)22-14-30-12-11-20-21(22)13-23(35-27(32)16(3)4)25(24(20)29)36-28(33)17(5)6/h7-10,13,15-17,22,30H,11-12,14H2,1-6H3/t22-/m1/s1. The van der Waals surface area contributed by atoms with Crippen molar-refractivity contribution in [1.29, 1.82) is 0 Å². The van der Waals surface area contributed by atoms with Crippen LogP contribution >= 0.6 is 11.6 Å². The molecule has 194 valence electrons. The van der Waals surface area contributed by atoms with Gasteiger partial charge in [0.05, 0.1) is 22.8 Å². The lowest BCUT2D eigenvalue weighted by Crippen LogP contribution is -2.21. The molecule has 1 atom stereocenters. The molecule has 1 N–H and O–H groups in total. The number of carbonyl (C=O) groups excluding carboxylic acids is 3. The van der Waals surface area contributed by atoms with Crippen molar-refractivity contribution < 1.29 is 28.6 Å². The molecule has 0 bridgehead atoms. The fraction of sp³-hybridized carbons (Fsp3) is 0.464. The molecule has 3 rings (SSSR count).